The Morgan fingerprint density at radius 2 is 1.94 bits per heavy atom. The quantitative estimate of drug-likeness (QED) is 0.274. The second kappa shape index (κ2) is 7.05. The third kappa shape index (κ3) is 5.43. The fourth-order valence-electron chi connectivity index (χ4n) is 0.806. The topological polar surface area (TPSA) is 107 Å². The minimum absolute atomic E-state index is 0.0518. The largest absolute Gasteiger partial charge is 0.394 e. The number of amides is 1. The van der Waals surface area contributed by atoms with Crippen LogP contribution in [0.25, 0.3) is 0 Å². The first-order chi connectivity index (χ1) is 7.51. The predicted octanol–water partition coefficient (Wildman–Crippen LogP) is 0.317. The van der Waals surface area contributed by atoms with Gasteiger partial charge in [-0.2, -0.15) is 4.99 Å². The minimum Gasteiger partial charge on any atom is -0.394 e. The molecule has 86 valence electrons. The maximum atomic E-state index is 11.3. The van der Waals surface area contributed by atoms with Crippen molar-refractivity contribution in [3.05, 3.63) is 48.2 Å². The molecule has 0 saturated heterocycles. The van der Waals surface area contributed by atoms with E-state index in [2.05, 4.69) is 11.6 Å². The Labute approximate surface area is 94.7 Å². The van der Waals surface area contributed by atoms with E-state index in [0.717, 1.165) is 0 Å². The van der Waals surface area contributed by atoms with Gasteiger partial charge in [0.1, 0.15) is 5.70 Å². The van der Waals surface area contributed by atoms with Crippen LogP contribution >= 0.6 is 0 Å². The highest BCUT2D eigenvalue weighted by molar-refractivity contribution is 6.01. The number of carbonyl (C=O) groups excluding carboxylic acids is 1. The fourth-order valence-corrected chi connectivity index (χ4v) is 0.806. The zero-order chi connectivity index (χ0) is 12.6. The molecule has 0 bridgehead atoms. The minimum atomic E-state index is -0.673. The molecule has 0 fully saturated rings. The molecule has 6 N–H and O–H groups in total. The number of nitrogens with two attached hydrogens (primary N) is 3. The lowest BCUT2D eigenvalue weighted by Gasteiger charge is -1.97. The van der Waals surface area contributed by atoms with Crippen LogP contribution in [0.5, 0.6) is 0 Å². The molecule has 0 rings (SSSR count). The molecule has 0 atom stereocenters. The summed E-state index contributed by atoms with van der Waals surface area (Å²) in [7, 11) is 0. The average molecular weight is 220 g/mol. The number of allylic oxidation sites excluding steroid dienone is 6. The molecule has 0 radical (unpaired) electrons. The molecule has 0 saturated carbocycles. The van der Waals surface area contributed by atoms with E-state index in [1.54, 1.807) is 18.2 Å². The van der Waals surface area contributed by atoms with Gasteiger partial charge in [-0.3, -0.25) is 4.79 Å². The molecule has 5 heteroatoms. The molecule has 0 aliphatic rings. The highest BCUT2D eigenvalue weighted by atomic mass is 16.1. The van der Waals surface area contributed by atoms with E-state index in [0.29, 0.717) is 5.57 Å². The summed E-state index contributed by atoms with van der Waals surface area (Å²) < 4.78 is 0. The SMILES string of the molecule is C=CC(/C=C(\N)C(=O)N=C(N)N)=C\C=C/C. The van der Waals surface area contributed by atoms with Gasteiger partial charge in [0.2, 0.25) is 0 Å². The van der Waals surface area contributed by atoms with Crippen molar-refractivity contribution in [1.29, 1.82) is 0 Å². The van der Waals surface area contributed by atoms with Crippen LogP contribution in [0.3, 0.4) is 0 Å². The first kappa shape index (κ1) is 13.7. The monoisotopic (exact) mass is 220 g/mol. The second-order valence-electron chi connectivity index (χ2n) is 2.84. The van der Waals surface area contributed by atoms with E-state index in [1.165, 1.54) is 6.08 Å². The number of rotatable bonds is 4. The Balaban J connectivity index is 4.94. The molecule has 0 heterocycles. The van der Waals surface area contributed by atoms with Gasteiger partial charge in [-0.15, -0.1) is 0 Å². The van der Waals surface area contributed by atoms with Gasteiger partial charge in [0, 0.05) is 0 Å². The van der Waals surface area contributed by atoms with Gasteiger partial charge in [-0.25, -0.2) is 0 Å². The number of guanidine groups is 1. The standard InChI is InChI=1S/C11H16N4O/c1-3-5-6-8(4-2)7-9(12)10(16)15-11(13)14/h3-7H,2,12H2,1H3,(H4,13,14,15,16)/b5-3-,8-6+,9-7-. The smallest absolute Gasteiger partial charge is 0.296 e. The summed E-state index contributed by atoms with van der Waals surface area (Å²) in [4.78, 5) is 14.6. The Morgan fingerprint density at radius 3 is 2.38 bits per heavy atom. The number of hydrogen-bond donors (Lipinski definition) is 3. The van der Waals surface area contributed by atoms with Crippen molar-refractivity contribution in [2.45, 2.75) is 6.92 Å². The number of nitrogens with zero attached hydrogens (tertiary/aromatic N) is 1. The first-order valence-corrected chi connectivity index (χ1v) is 4.57. The fraction of sp³-hybridized carbons (Fsp3) is 0.0909. The summed E-state index contributed by atoms with van der Waals surface area (Å²) >= 11 is 0. The van der Waals surface area contributed by atoms with Crippen LogP contribution in [-0.2, 0) is 4.79 Å². The second-order valence-corrected chi connectivity index (χ2v) is 2.84. The van der Waals surface area contributed by atoms with Crippen molar-refractivity contribution in [1.82, 2.24) is 0 Å². The molecule has 16 heavy (non-hydrogen) atoms. The Kier molecular flexibility index (Phi) is 6.04. The molecule has 0 aromatic rings. The summed E-state index contributed by atoms with van der Waals surface area (Å²) in [5.74, 6) is -0.993. The lowest BCUT2D eigenvalue weighted by molar-refractivity contribution is -0.114. The van der Waals surface area contributed by atoms with E-state index in [4.69, 9.17) is 17.2 Å². The van der Waals surface area contributed by atoms with Gasteiger partial charge in [-0.1, -0.05) is 30.9 Å². The van der Waals surface area contributed by atoms with Crippen LogP contribution in [0.1, 0.15) is 6.92 Å². The third-order valence-corrected chi connectivity index (χ3v) is 1.52. The zero-order valence-electron chi connectivity index (χ0n) is 9.18. The molecule has 0 aliphatic carbocycles. The molecular formula is C11H16N4O. The van der Waals surface area contributed by atoms with E-state index < -0.39 is 5.91 Å². The van der Waals surface area contributed by atoms with E-state index in [-0.39, 0.29) is 11.7 Å². The first-order valence-electron chi connectivity index (χ1n) is 4.57. The van der Waals surface area contributed by atoms with Crippen LogP contribution in [-0.4, -0.2) is 11.9 Å². The number of hydrogen-bond acceptors (Lipinski definition) is 2. The summed E-state index contributed by atoms with van der Waals surface area (Å²) in [6.45, 7) is 5.46. The Hall–Kier alpha value is -2.30. The van der Waals surface area contributed by atoms with E-state index in [1.807, 2.05) is 13.0 Å². The van der Waals surface area contributed by atoms with Gasteiger partial charge in [0.15, 0.2) is 5.96 Å². The third-order valence-electron chi connectivity index (χ3n) is 1.52. The van der Waals surface area contributed by atoms with Crippen molar-refractivity contribution < 1.29 is 4.79 Å². The lowest BCUT2D eigenvalue weighted by Crippen LogP contribution is -2.25. The number of carbonyl (C=O) groups is 1. The molecule has 5 nitrogen and oxygen atoms in total. The maximum Gasteiger partial charge on any atom is 0.296 e. The van der Waals surface area contributed by atoms with Gasteiger partial charge in [0.05, 0.1) is 0 Å². The van der Waals surface area contributed by atoms with Crippen molar-refractivity contribution in [2.75, 3.05) is 0 Å². The van der Waals surface area contributed by atoms with Gasteiger partial charge in [-0.05, 0) is 18.6 Å². The highest BCUT2D eigenvalue weighted by Crippen LogP contribution is 2.02. The average Bonchev–Trinajstić information content (AvgIpc) is 2.22. The molecule has 0 spiro atoms. The predicted molar refractivity (Wildman–Crippen MR) is 66.2 cm³/mol. The highest BCUT2D eigenvalue weighted by Gasteiger charge is 2.03. The van der Waals surface area contributed by atoms with Gasteiger partial charge < -0.3 is 17.2 Å². The molecule has 0 aromatic carbocycles. The normalized spacial score (nSPS) is 12.6. The lowest BCUT2D eigenvalue weighted by atomic mass is 10.2. The van der Waals surface area contributed by atoms with E-state index >= 15 is 0 Å². The van der Waals surface area contributed by atoms with Crippen molar-refractivity contribution in [2.24, 2.45) is 22.2 Å². The van der Waals surface area contributed by atoms with Crippen LogP contribution in [0.4, 0.5) is 0 Å². The molecular weight excluding hydrogens is 204 g/mol. The summed E-state index contributed by atoms with van der Waals surface area (Å²) in [5, 5.41) is 0. The molecule has 0 aromatic heterocycles. The van der Waals surface area contributed by atoms with Crippen LogP contribution in [0.2, 0.25) is 0 Å². The summed E-state index contributed by atoms with van der Waals surface area (Å²) in [6.07, 6.45) is 8.40. The maximum absolute atomic E-state index is 11.3. The van der Waals surface area contributed by atoms with Crippen molar-refractivity contribution >= 4 is 11.9 Å². The van der Waals surface area contributed by atoms with Crippen LogP contribution < -0.4 is 17.2 Å². The van der Waals surface area contributed by atoms with Crippen molar-refractivity contribution in [3.63, 3.8) is 0 Å². The van der Waals surface area contributed by atoms with Gasteiger partial charge >= 0.3 is 0 Å². The Morgan fingerprint density at radius 1 is 1.31 bits per heavy atom. The molecule has 0 aliphatic heterocycles. The summed E-state index contributed by atoms with van der Waals surface area (Å²) in [5.41, 5.74) is 16.2. The van der Waals surface area contributed by atoms with E-state index in [9.17, 15) is 4.79 Å². The van der Waals surface area contributed by atoms with Crippen LogP contribution in [0.15, 0.2) is 53.2 Å². The number of aliphatic imine (C=N–C) groups is 1. The molecule has 1 amide bonds. The molecule has 0 unspecified atom stereocenters. The van der Waals surface area contributed by atoms with Gasteiger partial charge in [0.25, 0.3) is 5.91 Å². The zero-order valence-corrected chi connectivity index (χ0v) is 9.18. The van der Waals surface area contributed by atoms with Crippen LogP contribution in [0, 0.1) is 0 Å². The van der Waals surface area contributed by atoms with Crippen molar-refractivity contribution in [3.8, 4) is 0 Å². The Bertz CT molecular complexity index is 385. The summed E-state index contributed by atoms with van der Waals surface area (Å²) in [6, 6.07) is 0.